The van der Waals surface area contributed by atoms with Crippen LogP contribution in [0.5, 0.6) is 0 Å². The van der Waals surface area contributed by atoms with Crippen molar-refractivity contribution >= 4 is 17.8 Å². The van der Waals surface area contributed by atoms with Crippen molar-refractivity contribution in [2.45, 2.75) is 118 Å². The number of ether oxygens (including phenoxy) is 6. The summed E-state index contributed by atoms with van der Waals surface area (Å²) >= 11 is 0. The van der Waals surface area contributed by atoms with Gasteiger partial charge in [-0.05, 0) is 0 Å². The minimum atomic E-state index is -2.86. The Hall–Kier alpha value is -2.19. The smallest absolute Gasteiger partial charge is 0.364 e. The molecular formula is C25H41NO20. The first kappa shape index (κ1) is 38.3. The van der Waals surface area contributed by atoms with Crippen LogP contribution >= 0.6 is 0 Å². The van der Waals surface area contributed by atoms with E-state index in [1.54, 1.807) is 0 Å². The van der Waals surface area contributed by atoms with Crippen LogP contribution in [0.15, 0.2) is 0 Å². The van der Waals surface area contributed by atoms with Crippen molar-refractivity contribution in [2.24, 2.45) is 0 Å². The summed E-state index contributed by atoms with van der Waals surface area (Å²) in [6.45, 7) is -0.555. The molecule has 0 aromatic rings. The molecule has 3 aliphatic rings. The predicted octanol–water partition coefficient (Wildman–Crippen LogP) is -7.65. The predicted molar refractivity (Wildman–Crippen MR) is 140 cm³/mol. The standard InChI is InChI=1S/C25H41NO20/c1-7(28)26-13-9(30)3-25(24(39)40,46-21(13)14(32)10(31)5-41-8(2)29)42-6-12-15(33)16(34)19(37)23(44-12)45-20-11(4-27)43-22(38)18(36)17(20)35/h9-23,27,30-38H,3-6H2,1-2H3,(H,26,28)(H,39,40)/t9-,10+,11+,12+,13+,14+,15-,16-,17+,18+,19+,20+,21+,22?,23-,25+/m0/s1. The van der Waals surface area contributed by atoms with Gasteiger partial charge in [0.1, 0.15) is 73.8 Å². The van der Waals surface area contributed by atoms with E-state index in [4.69, 9.17) is 23.7 Å². The van der Waals surface area contributed by atoms with Crippen molar-refractivity contribution in [2.75, 3.05) is 19.8 Å². The van der Waals surface area contributed by atoms with Crippen LogP contribution in [0, 0.1) is 0 Å². The van der Waals surface area contributed by atoms with E-state index in [1.807, 2.05) is 0 Å². The van der Waals surface area contributed by atoms with E-state index >= 15 is 0 Å². The van der Waals surface area contributed by atoms with Crippen molar-refractivity contribution < 1.29 is 99.0 Å². The van der Waals surface area contributed by atoms with Crippen molar-refractivity contribution in [3.8, 4) is 0 Å². The van der Waals surface area contributed by atoms with E-state index < -0.39 is 142 Å². The molecule has 3 saturated heterocycles. The highest BCUT2D eigenvalue weighted by atomic mass is 16.8. The van der Waals surface area contributed by atoms with Gasteiger partial charge >= 0.3 is 11.9 Å². The fourth-order valence-corrected chi connectivity index (χ4v) is 5.24. The van der Waals surface area contributed by atoms with Gasteiger partial charge in [-0.15, -0.1) is 0 Å². The third-order valence-corrected chi connectivity index (χ3v) is 7.74. The van der Waals surface area contributed by atoms with Crippen LogP contribution in [0.25, 0.3) is 0 Å². The number of nitrogens with one attached hydrogen (secondary N) is 1. The Morgan fingerprint density at radius 1 is 0.913 bits per heavy atom. The van der Waals surface area contributed by atoms with E-state index in [2.05, 4.69) is 10.1 Å². The number of hydrogen-bond donors (Lipinski definition) is 12. The summed E-state index contributed by atoms with van der Waals surface area (Å²) in [5.41, 5.74) is 0. The third kappa shape index (κ3) is 8.44. The molecule has 3 aliphatic heterocycles. The van der Waals surface area contributed by atoms with Crippen LogP contribution in [-0.4, -0.2) is 191 Å². The molecule has 3 heterocycles. The average molecular weight is 676 g/mol. The Balaban J connectivity index is 1.82. The van der Waals surface area contributed by atoms with E-state index in [0.29, 0.717) is 0 Å². The fourth-order valence-electron chi connectivity index (χ4n) is 5.24. The number of carboxylic acids is 1. The molecule has 1 amide bonds. The maximum absolute atomic E-state index is 12.5. The van der Waals surface area contributed by atoms with E-state index in [1.165, 1.54) is 0 Å². The van der Waals surface area contributed by atoms with Crippen molar-refractivity contribution in [1.82, 2.24) is 5.32 Å². The molecule has 46 heavy (non-hydrogen) atoms. The topological polar surface area (TPSA) is 341 Å². The molecule has 0 radical (unpaired) electrons. The van der Waals surface area contributed by atoms with Crippen LogP contribution < -0.4 is 5.32 Å². The number of carbonyl (C=O) groups excluding carboxylic acids is 2. The van der Waals surface area contributed by atoms with Gasteiger partial charge in [-0.3, -0.25) is 9.59 Å². The maximum atomic E-state index is 12.5. The second kappa shape index (κ2) is 15.8. The van der Waals surface area contributed by atoms with Crippen molar-refractivity contribution in [1.29, 1.82) is 0 Å². The molecule has 21 nitrogen and oxygen atoms in total. The number of aliphatic hydroxyl groups is 10. The zero-order valence-corrected chi connectivity index (χ0v) is 24.6. The van der Waals surface area contributed by atoms with Gasteiger partial charge in [0.2, 0.25) is 5.91 Å². The molecule has 21 heteroatoms. The van der Waals surface area contributed by atoms with Crippen LogP contribution in [-0.2, 0) is 42.8 Å². The van der Waals surface area contributed by atoms with Gasteiger partial charge in [0, 0.05) is 20.3 Å². The number of aliphatic hydroxyl groups excluding tert-OH is 10. The lowest BCUT2D eigenvalue weighted by molar-refractivity contribution is -0.364. The minimum absolute atomic E-state index is 0.737. The van der Waals surface area contributed by atoms with Gasteiger partial charge in [-0.25, -0.2) is 4.79 Å². The van der Waals surface area contributed by atoms with Gasteiger partial charge in [-0.1, -0.05) is 0 Å². The second-order valence-electron chi connectivity index (χ2n) is 11.2. The maximum Gasteiger partial charge on any atom is 0.364 e. The zero-order valence-electron chi connectivity index (χ0n) is 24.6. The highest BCUT2D eigenvalue weighted by molar-refractivity contribution is 5.76. The quantitative estimate of drug-likeness (QED) is 0.0854. The Labute approximate surface area is 260 Å². The lowest BCUT2D eigenvalue weighted by atomic mass is 9.88. The molecule has 266 valence electrons. The van der Waals surface area contributed by atoms with Gasteiger partial charge < -0.3 is 89.9 Å². The molecule has 12 N–H and O–H groups in total. The SMILES string of the molecule is CC(=O)N[C@H]1[C@H]([C@H](O)[C@H](O)COC(C)=O)O[C@@](OC[C@H]2O[C@@H](O[C@H]3[C@H](O)[C@@H](O)C(O)O[C@@H]3CO)[C@H](O)[C@@H](O)[C@H]2O)(C(=O)O)C[C@@H]1O. The Kier molecular flexibility index (Phi) is 13.1. The largest absolute Gasteiger partial charge is 0.477 e. The van der Waals surface area contributed by atoms with Gasteiger partial charge in [0.25, 0.3) is 5.79 Å². The summed E-state index contributed by atoms with van der Waals surface area (Å²) in [6.07, 6.45) is -27.2. The number of amides is 1. The zero-order chi connectivity index (χ0) is 34.7. The monoisotopic (exact) mass is 675 g/mol. The highest BCUT2D eigenvalue weighted by Gasteiger charge is 2.57. The Morgan fingerprint density at radius 3 is 2.13 bits per heavy atom. The summed E-state index contributed by atoms with van der Waals surface area (Å²) < 4.78 is 31.5. The first-order valence-corrected chi connectivity index (χ1v) is 14.1. The summed E-state index contributed by atoms with van der Waals surface area (Å²) in [6, 6.07) is -1.51. The van der Waals surface area contributed by atoms with Gasteiger partial charge in [0.05, 0.1) is 25.4 Å². The van der Waals surface area contributed by atoms with Crippen LogP contribution in [0.3, 0.4) is 0 Å². The molecule has 1 unspecified atom stereocenters. The molecule has 3 fully saturated rings. The van der Waals surface area contributed by atoms with Crippen molar-refractivity contribution in [3.05, 3.63) is 0 Å². The van der Waals surface area contributed by atoms with Gasteiger partial charge in [-0.2, -0.15) is 0 Å². The number of rotatable bonds is 12. The van der Waals surface area contributed by atoms with Crippen LogP contribution in [0.4, 0.5) is 0 Å². The number of carboxylic acid groups (broad SMARTS) is 1. The van der Waals surface area contributed by atoms with Crippen LogP contribution in [0.2, 0.25) is 0 Å². The summed E-state index contributed by atoms with van der Waals surface area (Å²) in [5.74, 6) is -6.32. The molecule has 16 atom stereocenters. The molecular weight excluding hydrogens is 634 g/mol. The number of hydrogen-bond acceptors (Lipinski definition) is 19. The lowest BCUT2D eigenvalue weighted by Crippen LogP contribution is -2.68. The molecule has 0 aromatic carbocycles. The average Bonchev–Trinajstić information content (AvgIpc) is 2.99. The second-order valence-corrected chi connectivity index (χ2v) is 11.2. The third-order valence-electron chi connectivity index (χ3n) is 7.74. The Morgan fingerprint density at radius 2 is 1.57 bits per heavy atom. The van der Waals surface area contributed by atoms with E-state index in [9.17, 15) is 70.6 Å². The molecule has 3 rings (SSSR count). The van der Waals surface area contributed by atoms with E-state index in [0.717, 1.165) is 13.8 Å². The fraction of sp³-hybridized carbons (Fsp3) is 0.880. The number of carbonyl (C=O) groups is 3. The lowest BCUT2D eigenvalue weighted by Gasteiger charge is -2.48. The Bertz CT molecular complexity index is 1050. The highest BCUT2D eigenvalue weighted by Crippen LogP contribution is 2.35. The molecule has 0 spiro atoms. The number of esters is 1. The minimum Gasteiger partial charge on any atom is -0.477 e. The molecule has 0 aromatic heterocycles. The summed E-state index contributed by atoms with van der Waals surface area (Å²) in [4.78, 5) is 35.4. The number of aliphatic carboxylic acids is 1. The summed E-state index contributed by atoms with van der Waals surface area (Å²) in [5, 5.41) is 115. The molecule has 0 bridgehead atoms. The first-order chi connectivity index (χ1) is 21.4. The van der Waals surface area contributed by atoms with E-state index in [-0.39, 0.29) is 0 Å². The van der Waals surface area contributed by atoms with Crippen LogP contribution in [0.1, 0.15) is 20.3 Å². The summed E-state index contributed by atoms with van der Waals surface area (Å²) in [7, 11) is 0. The first-order valence-electron chi connectivity index (χ1n) is 14.1. The molecule has 0 aliphatic carbocycles. The molecule has 0 saturated carbocycles. The normalized spacial score (nSPS) is 42.9. The van der Waals surface area contributed by atoms with Gasteiger partial charge in [0.15, 0.2) is 12.6 Å². The van der Waals surface area contributed by atoms with Crippen molar-refractivity contribution in [3.63, 3.8) is 0 Å².